The van der Waals surface area contributed by atoms with E-state index in [2.05, 4.69) is 131 Å². The van der Waals surface area contributed by atoms with Gasteiger partial charge in [0.25, 0.3) is 0 Å². The fourth-order valence-electron chi connectivity index (χ4n) is 3.70. The van der Waals surface area contributed by atoms with Crippen molar-refractivity contribution < 1.29 is 0 Å². The first-order valence-electron chi connectivity index (χ1n) is 10.1. The third-order valence-electron chi connectivity index (χ3n) is 5.58. The van der Waals surface area contributed by atoms with Gasteiger partial charge in [0.15, 0.2) is 0 Å². The van der Waals surface area contributed by atoms with Crippen LogP contribution in [0.2, 0.25) is 0 Å². The Balaban J connectivity index is 2.15. The van der Waals surface area contributed by atoms with Crippen LogP contribution in [0.15, 0.2) is 66.7 Å². The molecule has 0 bridgehead atoms. The van der Waals surface area contributed by atoms with E-state index in [1.165, 1.54) is 39.3 Å². The van der Waals surface area contributed by atoms with Gasteiger partial charge in [0.2, 0.25) is 0 Å². The Bertz CT molecular complexity index is 887. The van der Waals surface area contributed by atoms with Crippen LogP contribution < -0.4 is 14.7 Å². The quantitative estimate of drug-likeness (QED) is 0.526. The Morgan fingerprint density at radius 1 is 0.517 bits per heavy atom. The van der Waals surface area contributed by atoms with Gasteiger partial charge < -0.3 is 14.7 Å². The monoisotopic (exact) mass is 387 g/mol. The zero-order valence-corrected chi connectivity index (χ0v) is 18.8. The predicted molar refractivity (Wildman–Crippen MR) is 128 cm³/mol. The van der Waals surface area contributed by atoms with E-state index in [0.717, 1.165) is 0 Å². The Hall–Kier alpha value is -2.94. The molecule has 3 heteroatoms. The molecule has 0 heterocycles. The van der Waals surface area contributed by atoms with Crippen LogP contribution in [0, 0.1) is 6.92 Å². The molecule has 0 spiro atoms. The van der Waals surface area contributed by atoms with Crippen LogP contribution in [-0.4, -0.2) is 42.3 Å². The summed E-state index contributed by atoms with van der Waals surface area (Å²) in [7, 11) is 12.5. The van der Waals surface area contributed by atoms with Crippen molar-refractivity contribution in [2.75, 3.05) is 57.0 Å². The van der Waals surface area contributed by atoms with Crippen molar-refractivity contribution in [3.63, 3.8) is 0 Å². The molecule has 152 valence electrons. The molecule has 3 nitrogen and oxygen atoms in total. The van der Waals surface area contributed by atoms with Crippen molar-refractivity contribution in [2.24, 2.45) is 0 Å². The van der Waals surface area contributed by atoms with Gasteiger partial charge in [0, 0.05) is 65.3 Å². The normalized spacial score (nSPS) is 10.9. The summed E-state index contributed by atoms with van der Waals surface area (Å²) < 4.78 is 0. The SMILES string of the molecule is Cc1ccc(N(C)C)cc1C(c1ccc(N(C)C)cc1)c1ccc(N(C)C)cc1. The van der Waals surface area contributed by atoms with Crippen LogP contribution in [0.4, 0.5) is 17.1 Å². The maximum atomic E-state index is 2.33. The summed E-state index contributed by atoms with van der Waals surface area (Å²) >= 11 is 0. The highest BCUT2D eigenvalue weighted by molar-refractivity contribution is 5.58. The molecule has 0 aliphatic rings. The number of aryl methyl sites for hydroxylation is 1. The predicted octanol–water partition coefficient (Wildman–Crippen LogP) is 5.37. The highest BCUT2D eigenvalue weighted by Crippen LogP contribution is 2.36. The zero-order chi connectivity index (χ0) is 21.1. The molecule has 29 heavy (non-hydrogen) atoms. The van der Waals surface area contributed by atoms with Gasteiger partial charge in [-0.05, 0) is 65.6 Å². The average Bonchev–Trinajstić information content (AvgIpc) is 2.70. The third-order valence-corrected chi connectivity index (χ3v) is 5.58. The topological polar surface area (TPSA) is 9.72 Å². The summed E-state index contributed by atoms with van der Waals surface area (Å²) in [5.74, 6) is 0.197. The van der Waals surface area contributed by atoms with Crippen molar-refractivity contribution in [3.05, 3.63) is 89.0 Å². The third kappa shape index (κ3) is 4.56. The summed E-state index contributed by atoms with van der Waals surface area (Å²) in [4.78, 5) is 6.45. The van der Waals surface area contributed by atoms with Crippen LogP contribution in [-0.2, 0) is 0 Å². The Labute approximate surface area is 176 Å². The van der Waals surface area contributed by atoms with Gasteiger partial charge in [-0.15, -0.1) is 0 Å². The van der Waals surface area contributed by atoms with Crippen LogP contribution in [0.1, 0.15) is 28.2 Å². The molecular weight excluding hydrogens is 354 g/mol. The molecule has 0 aliphatic heterocycles. The summed E-state index contributed by atoms with van der Waals surface area (Å²) in [5, 5.41) is 0. The summed E-state index contributed by atoms with van der Waals surface area (Å²) in [6.45, 7) is 2.21. The smallest absolute Gasteiger partial charge is 0.0364 e. The van der Waals surface area contributed by atoms with Gasteiger partial charge in [-0.1, -0.05) is 30.3 Å². The van der Waals surface area contributed by atoms with E-state index in [1.54, 1.807) is 0 Å². The second kappa shape index (κ2) is 8.60. The Morgan fingerprint density at radius 2 is 0.897 bits per heavy atom. The van der Waals surface area contributed by atoms with E-state index >= 15 is 0 Å². The van der Waals surface area contributed by atoms with Gasteiger partial charge in [-0.3, -0.25) is 0 Å². The number of rotatable bonds is 6. The Morgan fingerprint density at radius 3 is 1.28 bits per heavy atom. The minimum Gasteiger partial charge on any atom is -0.378 e. The van der Waals surface area contributed by atoms with E-state index in [0.29, 0.717) is 0 Å². The molecule has 0 saturated heterocycles. The molecule has 0 aromatic heterocycles. The maximum Gasteiger partial charge on any atom is 0.0364 e. The summed E-state index contributed by atoms with van der Waals surface area (Å²) in [6, 6.07) is 24.7. The van der Waals surface area contributed by atoms with Crippen molar-refractivity contribution in [1.29, 1.82) is 0 Å². The lowest BCUT2D eigenvalue weighted by Crippen LogP contribution is -2.12. The minimum absolute atomic E-state index is 0.197. The van der Waals surface area contributed by atoms with Crippen LogP contribution >= 0.6 is 0 Å². The van der Waals surface area contributed by atoms with Gasteiger partial charge in [0.1, 0.15) is 0 Å². The van der Waals surface area contributed by atoms with E-state index in [4.69, 9.17) is 0 Å². The lowest BCUT2D eigenvalue weighted by Gasteiger charge is -2.25. The molecule has 0 aliphatic carbocycles. The molecule has 0 N–H and O–H groups in total. The van der Waals surface area contributed by atoms with E-state index in [9.17, 15) is 0 Å². The molecule has 0 amide bonds. The Kier molecular flexibility index (Phi) is 6.17. The maximum absolute atomic E-state index is 2.33. The standard InChI is InChI=1S/C26H33N3/c1-19-8-13-24(29(6)7)18-25(19)26(20-9-14-22(15-10-20)27(2)3)21-11-16-23(17-12-21)28(4)5/h8-18,26H,1-7H3. The molecule has 0 radical (unpaired) electrons. The molecule has 0 atom stereocenters. The fourth-order valence-corrected chi connectivity index (χ4v) is 3.70. The van der Waals surface area contributed by atoms with Crippen LogP contribution in [0.5, 0.6) is 0 Å². The van der Waals surface area contributed by atoms with Gasteiger partial charge in [-0.2, -0.15) is 0 Å². The summed E-state index contributed by atoms with van der Waals surface area (Å²) in [6.07, 6.45) is 0. The van der Waals surface area contributed by atoms with E-state index < -0.39 is 0 Å². The van der Waals surface area contributed by atoms with Crippen molar-refractivity contribution >= 4 is 17.1 Å². The molecular formula is C26H33N3. The van der Waals surface area contributed by atoms with Crippen LogP contribution in [0.3, 0.4) is 0 Å². The molecule has 3 rings (SSSR count). The first-order chi connectivity index (χ1) is 13.8. The molecule has 3 aromatic rings. The highest BCUT2D eigenvalue weighted by atomic mass is 15.1. The first-order valence-corrected chi connectivity index (χ1v) is 10.1. The summed E-state index contributed by atoms with van der Waals surface area (Å²) in [5.41, 5.74) is 8.95. The van der Waals surface area contributed by atoms with E-state index in [1.807, 2.05) is 0 Å². The second-order valence-corrected chi connectivity index (χ2v) is 8.34. The number of hydrogen-bond donors (Lipinski definition) is 0. The van der Waals surface area contributed by atoms with Gasteiger partial charge >= 0.3 is 0 Å². The van der Waals surface area contributed by atoms with Gasteiger partial charge in [-0.25, -0.2) is 0 Å². The molecule has 0 saturated carbocycles. The number of benzene rings is 3. The minimum atomic E-state index is 0.197. The average molecular weight is 388 g/mol. The zero-order valence-electron chi connectivity index (χ0n) is 18.8. The fraction of sp³-hybridized carbons (Fsp3) is 0.308. The van der Waals surface area contributed by atoms with Crippen molar-refractivity contribution in [3.8, 4) is 0 Å². The highest BCUT2D eigenvalue weighted by Gasteiger charge is 2.20. The molecule has 3 aromatic carbocycles. The largest absolute Gasteiger partial charge is 0.378 e. The first kappa shape index (κ1) is 20.8. The van der Waals surface area contributed by atoms with E-state index in [-0.39, 0.29) is 5.92 Å². The number of hydrogen-bond acceptors (Lipinski definition) is 3. The second-order valence-electron chi connectivity index (χ2n) is 8.34. The van der Waals surface area contributed by atoms with Crippen molar-refractivity contribution in [1.82, 2.24) is 0 Å². The number of anilines is 3. The van der Waals surface area contributed by atoms with Gasteiger partial charge in [0.05, 0.1) is 0 Å². The molecule has 0 unspecified atom stereocenters. The van der Waals surface area contributed by atoms with Crippen LogP contribution in [0.25, 0.3) is 0 Å². The lowest BCUT2D eigenvalue weighted by atomic mass is 9.82. The van der Waals surface area contributed by atoms with Crippen molar-refractivity contribution in [2.45, 2.75) is 12.8 Å². The number of nitrogens with zero attached hydrogens (tertiary/aromatic N) is 3. The molecule has 0 fully saturated rings. The lowest BCUT2D eigenvalue weighted by molar-refractivity contribution is 0.955.